The molecule has 1 saturated heterocycles. The van der Waals surface area contributed by atoms with Crippen molar-refractivity contribution in [3.63, 3.8) is 0 Å². The number of thioether (sulfide) groups is 1. The zero-order valence-electron chi connectivity index (χ0n) is 15.9. The number of rotatable bonds is 5. The Labute approximate surface area is 181 Å². The third-order valence-corrected chi connectivity index (χ3v) is 5.73. The van der Waals surface area contributed by atoms with Gasteiger partial charge in [0.15, 0.2) is 5.17 Å². The van der Waals surface area contributed by atoms with Crippen LogP contribution in [-0.2, 0) is 9.59 Å². The Bertz CT molecular complexity index is 958. The van der Waals surface area contributed by atoms with Gasteiger partial charge in [-0.25, -0.2) is 4.90 Å². The fraction of sp³-hybridized carbons (Fsp3) is 0.200. The highest BCUT2D eigenvalue weighted by atomic mass is 79.9. The number of carbonyl (C=O) groups excluding carboxylic acids is 2. The molecule has 0 bridgehead atoms. The van der Waals surface area contributed by atoms with E-state index in [4.69, 9.17) is 5.73 Å². The van der Waals surface area contributed by atoms with E-state index in [1.165, 1.54) is 4.90 Å². The summed E-state index contributed by atoms with van der Waals surface area (Å²) in [5.74, 6) is -0.559. The molecule has 7 nitrogen and oxygen atoms in total. The normalized spacial score (nSPS) is 17.4. The largest absolute Gasteiger partial charge is 0.378 e. The number of hydrogen-bond acceptors (Lipinski definition) is 6. The highest BCUT2D eigenvalue weighted by molar-refractivity contribution is 9.10. The van der Waals surface area contributed by atoms with Crippen molar-refractivity contribution in [1.29, 1.82) is 0 Å². The molecule has 1 fully saturated rings. The average molecular weight is 474 g/mol. The Kier molecular flexibility index (Phi) is 6.71. The summed E-state index contributed by atoms with van der Waals surface area (Å²) in [6.45, 7) is 0. The molecule has 3 rings (SSSR count). The minimum atomic E-state index is -0.607. The van der Waals surface area contributed by atoms with Crippen molar-refractivity contribution in [3.05, 3.63) is 58.6 Å². The van der Waals surface area contributed by atoms with Crippen LogP contribution in [0.2, 0.25) is 0 Å². The van der Waals surface area contributed by atoms with Gasteiger partial charge in [-0.05, 0) is 42.0 Å². The number of nitrogens with zero attached hydrogens (tertiary/aromatic N) is 4. The Balaban J connectivity index is 1.62. The zero-order valence-corrected chi connectivity index (χ0v) is 18.4. The summed E-state index contributed by atoms with van der Waals surface area (Å²) >= 11 is 4.39. The monoisotopic (exact) mass is 473 g/mol. The van der Waals surface area contributed by atoms with Gasteiger partial charge in [0.25, 0.3) is 0 Å². The van der Waals surface area contributed by atoms with Gasteiger partial charge < -0.3 is 10.6 Å². The van der Waals surface area contributed by atoms with E-state index in [-0.39, 0.29) is 23.4 Å². The molecule has 0 radical (unpaired) electrons. The molecular formula is C20H20BrN5O2S. The van der Waals surface area contributed by atoms with Crippen LogP contribution in [0.15, 0.2) is 63.2 Å². The van der Waals surface area contributed by atoms with Gasteiger partial charge in [0.05, 0.1) is 11.9 Å². The summed E-state index contributed by atoms with van der Waals surface area (Å²) in [5, 5.41) is 7.44. The molecule has 2 N–H and O–H groups in total. The maximum atomic E-state index is 12.6. The first-order valence-electron chi connectivity index (χ1n) is 8.78. The molecule has 2 aromatic carbocycles. The van der Waals surface area contributed by atoms with Crippen LogP contribution >= 0.6 is 27.7 Å². The van der Waals surface area contributed by atoms with E-state index in [1.54, 1.807) is 30.5 Å². The standard InChI is InChI=1S/C20H20BrN5O2S/c1-25(2)15-7-3-13(4-8-15)12-23-24-20(22)29-17-11-18(27)26(19(17)28)16-9-5-14(21)6-10-16/h3-10,12,17H,11H2,1-2H3,(H2,22,24)/b23-12+. The highest BCUT2D eigenvalue weighted by Crippen LogP contribution is 2.30. The fourth-order valence-electron chi connectivity index (χ4n) is 2.74. The maximum Gasteiger partial charge on any atom is 0.247 e. The lowest BCUT2D eigenvalue weighted by Crippen LogP contribution is -2.31. The van der Waals surface area contributed by atoms with Gasteiger partial charge in [0, 0.05) is 30.7 Å². The van der Waals surface area contributed by atoms with Crippen LogP contribution in [0.25, 0.3) is 0 Å². The smallest absolute Gasteiger partial charge is 0.247 e. The molecule has 29 heavy (non-hydrogen) atoms. The summed E-state index contributed by atoms with van der Waals surface area (Å²) in [6, 6.07) is 14.8. The van der Waals surface area contributed by atoms with E-state index in [0.717, 1.165) is 27.5 Å². The Morgan fingerprint density at radius 3 is 2.45 bits per heavy atom. The van der Waals surface area contributed by atoms with Gasteiger partial charge in [0.2, 0.25) is 11.8 Å². The number of amidine groups is 1. The predicted molar refractivity (Wildman–Crippen MR) is 123 cm³/mol. The van der Waals surface area contributed by atoms with Crippen LogP contribution in [0.5, 0.6) is 0 Å². The fourth-order valence-corrected chi connectivity index (χ4v) is 3.82. The van der Waals surface area contributed by atoms with E-state index >= 15 is 0 Å². The second-order valence-corrected chi connectivity index (χ2v) is 8.66. The van der Waals surface area contributed by atoms with E-state index in [1.807, 2.05) is 43.3 Å². The summed E-state index contributed by atoms with van der Waals surface area (Å²) in [4.78, 5) is 28.1. The molecule has 2 aromatic rings. The van der Waals surface area contributed by atoms with Crippen LogP contribution in [0, 0.1) is 0 Å². The first-order valence-corrected chi connectivity index (χ1v) is 10.5. The number of halogens is 1. The van der Waals surface area contributed by atoms with Gasteiger partial charge in [-0.3, -0.25) is 9.59 Å². The second-order valence-electron chi connectivity index (χ2n) is 6.52. The summed E-state index contributed by atoms with van der Waals surface area (Å²) < 4.78 is 0.872. The molecule has 150 valence electrons. The third kappa shape index (κ3) is 5.24. The number of benzene rings is 2. The zero-order chi connectivity index (χ0) is 21.0. The molecule has 0 saturated carbocycles. The Hall–Kier alpha value is -2.65. The molecule has 1 unspecified atom stereocenters. The predicted octanol–water partition coefficient (Wildman–Crippen LogP) is 3.23. The van der Waals surface area contributed by atoms with Crippen LogP contribution in [0.4, 0.5) is 11.4 Å². The molecule has 1 heterocycles. The number of carbonyl (C=O) groups is 2. The van der Waals surface area contributed by atoms with Gasteiger partial charge in [0.1, 0.15) is 5.25 Å². The SMILES string of the molecule is CN(C)c1ccc(/C=N/N=C(\N)SC2CC(=O)N(c3ccc(Br)cc3)C2=O)cc1. The lowest BCUT2D eigenvalue weighted by atomic mass is 10.2. The number of amides is 2. The molecule has 0 aliphatic carbocycles. The Morgan fingerprint density at radius 2 is 1.83 bits per heavy atom. The van der Waals surface area contributed by atoms with Gasteiger partial charge in [-0.2, -0.15) is 5.10 Å². The first kappa shape index (κ1) is 21.1. The maximum absolute atomic E-state index is 12.6. The van der Waals surface area contributed by atoms with Crippen molar-refractivity contribution < 1.29 is 9.59 Å². The van der Waals surface area contributed by atoms with Crippen LogP contribution in [0.3, 0.4) is 0 Å². The number of hydrogen-bond donors (Lipinski definition) is 1. The molecule has 0 spiro atoms. The van der Waals surface area contributed by atoms with Crippen molar-refractivity contribution in [2.24, 2.45) is 15.9 Å². The first-order chi connectivity index (χ1) is 13.8. The lowest BCUT2D eigenvalue weighted by Gasteiger charge is -2.14. The van der Waals surface area contributed by atoms with Crippen LogP contribution in [-0.4, -0.2) is 42.5 Å². The quantitative estimate of drug-likeness (QED) is 0.311. The molecule has 9 heteroatoms. The molecule has 1 aliphatic rings. The van der Waals surface area contributed by atoms with E-state index < -0.39 is 5.25 Å². The second kappa shape index (κ2) is 9.23. The molecule has 1 atom stereocenters. The number of nitrogens with two attached hydrogens (primary N) is 1. The van der Waals surface area contributed by atoms with E-state index in [2.05, 4.69) is 26.1 Å². The Morgan fingerprint density at radius 1 is 1.17 bits per heavy atom. The number of imide groups is 1. The van der Waals surface area contributed by atoms with Crippen molar-refractivity contribution in [2.75, 3.05) is 23.9 Å². The van der Waals surface area contributed by atoms with Gasteiger partial charge >= 0.3 is 0 Å². The molecule has 1 aliphatic heterocycles. The van der Waals surface area contributed by atoms with Crippen molar-refractivity contribution >= 4 is 62.3 Å². The van der Waals surface area contributed by atoms with Crippen molar-refractivity contribution in [1.82, 2.24) is 0 Å². The average Bonchev–Trinajstić information content (AvgIpc) is 2.96. The van der Waals surface area contributed by atoms with Crippen LogP contribution < -0.4 is 15.5 Å². The van der Waals surface area contributed by atoms with Crippen LogP contribution in [0.1, 0.15) is 12.0 Å². The van der Waals surface area contributed by atoms with Gasteiger partial charge in [-0.15, -0.1) is 5.10 Å². The molecule has 2 amide bonds. The van der Waals surface area contributed by atoms with Crippen molar-refractivity contribution in [3.8, 4) is 0 Å². The van der Waals surface area contributed by atoms with E-state index in [0.29, 0.717) is 5.69 Å². The molecular weight excluding hydrogens is 454 g/mol. The minimum absolute atomic E-state index is 0.0749. The lowest BCUT2D eigenvalue weighted by molar-refractivity contribution is -0.121. The highest BCUT2D eigenvalue weighted by Gasteiger charge is 2.40. The number of anilines is 2. The third-order valence-electron chi connectivity index (χ3n) is 4.23. The summed E-state index contributed by atoms with van der Waals surface area (Å²) in [5.41, 5.74) is 8.40. The van der Waals surface area contributed by atoms with Crippen molar-refractivity contribution in [2.45, 2.75) is 11.7 Å². The summed E-state index contributed by atoms with van der Waals surface area (Å²) in [6.07, 6.45) is 1.66. The topological polar surface area (TPSA) is 91.4 Å². The molecule has 0 aromatic heterocycles. The summed E-state index contributed by atoms with van der Waals surface area (Å²) in [7, 11) is 3.94. The minimum Gasteiger partial charge on any atom is -0.378 e. The van der Waals surface area contributed by atoms with E-state index in [9.17, 15) is 9.59 Å². The van der Waals surface area contributed by atoms with Gasteiger partial charge in [-0.1, -0.05) is 39.8 Å².